The molecule has 0 spiro atoms. The van der Waals surface area contributed by atoms with Gasteiger partial charge in [0.05, 0.1) is 18.1 Å². The molecule has 0 saturated heterocycles. The van der Waals surface area contributed by atoms with Crippen LogP contribution in [-0.4, -0.2) is 24.0 Å². The molecule has 116 valence electrons. The molecule has 0 N–H and O–H groups in total. The fourth-order valence-corrected chi connectivity index (χ4v) is 1.57. The standard InChI is InChI=1S/C14H16N4O4/c1-2-3-8-22-14(19)12(10-16-17-15)9-11-4-6-13(7-5-11)18(20)21/h4-7,9H,2-3,8,10H2,1H3/b12-9+. The number of unbranched alkanes of at least 4 members (excludes halogenated alkanes) is 1. The molecule has 0 radical (unpaired) electrons. The van der Waals surface area contributed by atoms with Crippen LogP contribution in [0, 0.1) is 10.1 Å². The monoisotopic (exact) mass is 304 g/mol. The van der Waals surface area contributed by atoms with E-state index in [1.165, 1.54) is 30.3 Å². The predicted molar refractivity (Wildman–Crippen MR) is 81.0 cm³/mol. The van der Waals surface area contributed by atoms with Crippen LogP contribution in [0.4, 0.5) is 5.69 Å². The topological polar surface area (TPSA) is 118 Å². The van der Waals surface area contributed by atoms with Crippen LogP contribution in [0.3, 0.4) is 0 Å². The third kappa shape index (κ3) is 5.64. The summed E-state index contributed by atoms with van der Waals surface area (Å²) in [4.78, 5) is 24.6. The van der Waals surface area contributed by atoms with Gasteiger partial charge in [-0.2, -0.15) is 0 Å². The molecule has 22 heavy (non-hydrogen) atoms. The molecule has 0 saturated carbocycles. The Morgan fingerprint density at radius 1 is 1.45 bits per heavy atom. The molecule has 0 amide bonds. The molecule has 0 fully saturated rings. The first kappa shape index (κ1) is 17.2. The Hall–Kier alpha value is -2.86. The molecule has 0 aromatic heterocycles. The van der Waals surface area contributed by atoms with Crippen molar-refractivity contribution in [2.75, 3.05) is 13.2 Å². The molecule has 0 aliphatic rings. The van der Waals surface area contributed by atoms with Crippen LogP contribution in [0.1, 0.15) is 25.3 Å². The Kier molecular flexibility index (Phi) is 7.15. The average Bonchev–Trinajstić information content (AvgIpc) is 2.52. The first-order valence-corrected chi connectivity index (χ1v) is 6.71. The number of ether oxygens (including phenoxy) is 1. The highest BCUT2D eigenvalue weighted by Crippen LogP contribution is 2.15. The van der Waals surface area contributed by atoms with Gasteiger partial charge in [-0.15, -0.1) is 0 Å². The van der Waals surface area contributed by atoms with Gasteiger partial charge in [0, 0.05) is 22.6 Å². The van der Waals surface area contributed by atoms with E-state index in [2.05, 4.69) is 10.0 Å². The second-order valence-electron chi connectivity index (χ2n) is 4.40. The minimum Gasteiger partial charge on any atom is -0.462 e. The van der Waals surface area contributed by atoms with Crippen molar-refractivity contribution in [1.82, 2.24) is 0 Å². The van der Waals surface area contributed by atoms with E-state index in [-0.39, 0.29) is 17.8 Å². The Morgan fingerprint density at radius 2 is 2.14 bits per heavy atom. The third-order valence-electron chi connectivity index (χ3n) is 2.74. The molecule has 1 aromatic carbocycles. The van der Waals surface area contributed by atoms with Crippen LogP contribution in [-0.2, 0) is 9.53 Å². The van der Waals surface area contributed by atoms with Gasteiger partial charge >= 0.3 is 5.97 Å². The number of hydrogen-bond acceptors (Lipinski definition) is 5. The molecule has 0 aliphatic carbocycles. The summed E-state index contributed by atoms with van der Waals surface area (Å²) >= 11 is 0. The number of azide groups is 1. The summed E-state index contributed by atoms with van der Waals surface area (Å²) in [6, 6.07) is 5.68. The van der Waals surface area contributed by atoms with Crippen LogP contribution >= 0.6 is 0 Å². The average molecular weight is 304 g/mol. The first-order valence-electron chi connectivity index (χ1n) is 6.71. The van der Waals surface area contributed by atoms with Crippen molar-refractivity contribution in [3.05, 3.63) is 56.0 Å². The molecule has 1 aromatic rings. The largest absolute Gasteiger partial charge is 0.462 e. The lowest BCUT2D eigenvalue weighted by atomic mass is 10.1. The molecule has 0 aliphatic heterocycles. The van der Waals surface area contributed by atoms with Gasteiger partial charge in [0.2, 0.25) is 0 Å². The zero-order valence-electron chi connectivity index (χ0n) is 12.1. The van der Waals surface area contributed by atoms with E-state index in [0.29, 0.717) is 12.2 Å². The van der Waals surface area contributed by atoms with Crippen molar-refractivity contribution < 1.29 is 14.5 Å². The van der Waals surface area contributed by atoms with Crippen LogP contribution in [0.25, 0.3) is 16.5 Å². The number of benzene rings is 1. The van der Waals surface area contributed by atoms with Crippen molar-refractivity contribution >= 4 is 17.7 Å². The summed E-state index contributed by atoms with van der Waals surface area (Å²) in [6.07, 6.45) is 3.13. The molecule has 0 bridgehead atoms. The zero-order valence-corrected chi connectivity index (χ0v) is 12.1. The molecule has 0 unspecified atom stereocenters. The van der Waals surface area contributed by atoms with Gasteiger partial charge in [0.1, 0.15) is 0 Å². The summed E-state index contributed by atoms with van der Waals surface area (Å²) in [5.74, 6) is -0.556. The van der Waals surface area contributed by atoms with E-state index < -0.39 is 10.9 Å². The van der Waals surface area contributed by atoms with Crippen LogP contribution in [0.15, 0.2) is 35.0 Å². The number of hydrogen-bond donors (Lipinski definition) is 0. The number of nitro groups is 1. The summed E-state index contributed by atoms with van der Waals surface area (Å²) in [7, 11) is 0. The SMILES string of the molecule is CCCCOC(=O)/C(=C/c1ccc([N+](=O)[O-])cc1)CN=[N+]=[N-]. The molecule has 1 rings (SSSR count). The minimum absolute atomic E-state index is 0.0423. The number of esters is 1. The van der Waals surface area contributed by atoms with E-state index in [0.717, 1.165) is 12.8 Å². The highest BCUT2D eigenvalue weighted by Gasteiger charge is 2.11. The molecular formula is C14H16N4O4. The fourth-order valence-electron chi connectivity index (χ4n) is 1.57. The Labute approximate surface area is 127 Å². The van der Waals surface area contributed by atoms with Gasteiger partial charge in [0.15, 0.2) is 0 Å². The smallest absolute Gasteiger partial charge is 0.334 e. The molecule has 0 atom stereocenters. The summed E-state index contributed by atoms with van der Waals surface area (Å²) in [6.45, 7) is 2.13. The molecule has 0 heterocycles. The van der Waals surface area contributed by atoms with E-state index in [1.807, 2.05) is 6.92 Å². The number of carbonyl (C=O) groups is 1. The second kappa shape index (κ2) is 9.15. The van der Waals surface area contributed by atoms with E-state index >= 15 is 0 Å². The quantitative estimate of drug-likeness (QED) is 0.106. The lowest BCUT2D eigenvalue weighted by Crippen LogP contribution is -2.11. The van der Waals surface area contributed by atoms with Crippen molar-refractivity contribution in [3.8, 4) is 0 Å². The van der Waals surface area contributed by atoms with Gasteiger partial charge < -0.3 is 4.74 Å². The molecular weight excluding hydrogens is 288 g/mol. The fraction of sp³-hybridized carbons (Fsp3) is 0.357. The number of non-ortho nitro benzene ring substituents is 1. The number of nitrogens with zero attached hydrogens (tertiary/aromatic N) is 4. The van der Waals surface area contributed by atoms with Crippen molar-refractivity contribution in [2.45, 2.75) is 19.8 Å². The van der Waals surface area contributed by atoms with Crippen LogP contribution in [0.5, 0.6) is 0 Å². The van der Waals surface area contributed by atoms with Gasteiger partial charge in [-0.1, -0.05) is 18.5 Å². The van der Waals surface area contributed by atoms with Gasteiger partial charge in [-0.3, -0.25) is 10.1 Å². The Morgan fingerprint density at radius 3 is 2.68 bits per heavy atom. The number of carbonyl (C=O) groups excluding carboxylic acids is 1. The van der Waals surface area contributed by atoms with Gasteiger partial charge in [-0.25, -0.2) is 4.79 Å². The maximum atomic E-state index is 11.9. The van der Waals surface area contributed by atoms with Crippen molar-refractivity contribution in [2.24, 2.45) is 5.11 Å². The zero-order chi connectivity index (χ0) is 16.4. The summed E-state index contributed by atoms with van der Waals surface area (Å²) < 4.78 is 5.08. The summed E-state index contributed by atoms with van der Waals surface area (Å²) in [5, 5.41) is 14.0. The normalized spacial score (nSPS) is 10.7. The summed E-state index contributed by atoms with van der Waals surface area (Å²) in [5.41, 5.74) is 9.12. The maximum absolute atomic E-state index is 11.9. The van der Waals surface area contributed by atoms with E-state index in [1.54, 1.807) is 0 Å². The third-order valence-corrected chi connectivity index (χ3v) is 2.74. The number of nitro benzene ring substituents is 1. The lowest BCUT2D eigenvalue weighted by Gasteiger charge is -2.06. The second-order valence-corrected chi connectivity index (χ2v) is 4.40. The minimum atomic E-state index is -0.556. The Balaban J connectivity index is 2.91. The first-order chi connectivity index (χ1) is 10.6. The van der Waals surface area contributed by atoms with Gasteiger partial charge in [-0.05, 0) is 35.7 Å². The van der Waals surface area contributed by atoms with E-state index in [9.17, 15) is 14.9 Å². The Bertz CT molecular complexity index is 604. The molecule has 8 heteroatoms. The van der Waals surface area contributed by atoms with Gasteiger partial charge in [0.25, 0.3) is 5.69 Å². The number of rotatable bonds is 8. The predicted octanol–water partition coefficient (Wildman–Crippen LogP) is 3.63. The van der Waals surface area contributed by atoms with Crippen molar-refractivity contribution in [1.29, 1.82) is 0 Å². The highest BCUT2D eigenvalue weighted by molar-refractivity contribution is 5.94. The van der Waals surface area contributed by atoms with Crippen LogP contribution < -0.4 is 0 Å². The lowest BCUT2D eigenvalue weighted by molar-refractivity contribution is -0.384. The molecule has 8 nitrogen and oxygen atoms in total. The maximum Gasteiger partial charge on any atom is 0.334 e. The van der Waals surface area contributed by atoms with Crippen molar-refractivity contribution in [3.63, 3.8) is 0 Å². The van der Waals surface area contributed by atoms with Crippen LogP contribution in [0.2, 0.25) is 0 Å². The highest BCUT2D eigenvalue weighted by atomic mass is 16.6. The van der Waals surface area contributed by atoms with E-state index in [4.69, 9.17) is 10.3 Å².